The molecule has 0 radical (unpaired) electrons. The highest BCUT2D eigenvalue weighted by atomic mass is 16.4. The molecule has 0 saturated heterocycles. The van der Waals surface area contributed by atoms with Crippen molar-refractivity contribution in [2.24, 2.45) is 5.73 Å². The van der Waals surface area contributed by atoms with Crippen LogP contribution in [-0.4, -0.2) is 23.1 Å². The van der Waals surface area contributed by atoms with Gasteiger partial charge < -0.3 is 16.2 Å². The summed E-state index contributed by atoms with van der Waals surface area (Å²) in [7, 11) is 0. The van der Waals surface area contributed by atoms with Crippen LogP contribution in [0, 0.1) is 0 Å². The van der Waals surface area contributed by atoms with Crippen LogP contribution in [0.15, 0.2) is 24.3 Å². The van der Waals surface area contributed by atoms with Gasteiger partial charge in [-0.25, -0.2) is 4.79 Å². The number of rotatable bonds is 3. The third kappa shape index (κ3) is 3.58. The summed E-state index contributed by atoms with van der Waals surface area (Å²) >= 11 is 0. The van der Waals surface area contributed by atoms with Gasteiger partial charge in [-0.3, -0.25) is 10.1 Å². The van der Waals surface area contributed by atoms with Crippen molar-refractivity contribution < 1.29 is 14.7 Å². The smallest absolute Gasteiger partial charge is 0.409 e. The summed E-state index contributed by atoms with van der Waals surface area (Å²) in [4.78, 5) is 21.6. The van der Waals surface area contributed by atoms with E-state index in [0.717, 1.165) is 0 Å². The topological polar surface area (TPSA) is 104 Å². The fraction of sp³-hybridized carbons (Fsp3) is 0.200. The quantitative estimate of drug-likeness (QED) is 0.615. The molecule has 0 aliphatic heterocycles. The number of anilines is 2. The fourth-order valence-electron chi connectivity index (χ4n) is 1.02. The molecule has 0 unspecified atom stereocenters. The molecule has 0 spiro atoms. The number of carboxylic acid groups (broad SMARTS) is 1. The van der Waals surface area contributed by atoms with Gasteiger partial charge in [0.05, 0.1) is 6.04 Å². The largest absolute Gasteiger partial charge is 0.465 e. The predicted molar refractivity (Wildman–Crippen MR) is 60.4 cm³/mol. The van der Waals surface area contributed by atoms with Crippen molar-refractivity contribution in [2.75, 3.05) is 10.6 Å². The van der Waals surface area contributed by atoms with Gasteiger partial charge in [-0.2, -0.15) is 0 Å². The maximum absolute atomic E-state index is 11.2. The molecule has 0 aliphatic carbocycles. The molecule has 86 valence electrons. The van der Waals surface area contributed by atoms with Gasteiger partial charge in [0.2, 0.25) is 5.91 Å². The lowest BCUT2D eigenvalue weighted by Gasteiger charge is -2.08. The van der Waals surface area contributed by atoms with Gasteiger partial charge in [0.15, 0.2) is 0 Å². The highest BCUT2D eigenvalue weighted by Crippen LogP contribution is 2.13. The zero-order valence-corrected chi connectivity index (χ0v) is 8.73. The summed E-state index contributed by atoms with van der Waals surface area (Å²) in [6.45, 7) is 1.58. The Morgan fingerprint density at radius 2 is 1.62 bits per heavy atom. The average Bonchev–Trinajstić information content (AvgIpc) is 2.20. The molecule has 0 heterocycles. The van der Waals surface area contributed by atoms with Crippen LogP contribution >= 0.6 is 0 Å². The van der Waals surface area contributed by atoms with E-state index in [0.29, 0.717) is 11.4 Å². The Bertz CT molecular complexity index is 387. The standard InChI is InChI=1S/C10H13N3O3/c1-6(11)9(14)12-7-2-4-8(5-3-7)13-10(15)16/h2-6,13H,11H2,1H3,(H,12,14)(H,15,16)/t6-/m0/s1. The molecule has 0 fully saturated rings. The Kier molecular flexibility index (Phi) is 3.84. The van der Waals surface area contributed by atoms with Gasteiger partial charge in [-0.1, -0.05) is 0 Å². The highest BCUT2D eigenvalue weighted by molar-refractivity contribution is 5.94. The molecule has 2 amide bonds. The second-order valence-corrected chi connectivity index (χ2v) is 3.29. The Labute approximate surface area is 92.4 Å². The number of hydrogen-bond acceptors (Lipinski definition) is 3. The molecule has 1 aromatic rings. The number of carbonyl (C=O) groups excluding carboxylic acids is 1. The minimum absolute atomic E-state index is 0.293. The first-order chi connectivity index (χ1) is 7.49. The second kappa shape index (κ2) is 5.13. The van der Waals surface area contributed by atoms with Crippen LogP contribution in [0.4, 0.5) is 16.2 Å². The predicted octanol–water partition coefficient (Wildman–Crippen LogP) is 1.06. The van der Waals surface area contributed by atoms with Gasteiger partial charge in [0.1, 0.15) is 0 Å². The zero-order valence-electron chi connectivity index (χ0n) is 8.73. The third-order valence-corrected chi connectivity index (χ3v) is 1.82. The van der Waals surface area contributed by atoms with Crippen LogP contribution in [-0.2, 0) is 4.79 Å². The van der Waals surface area contributed by atoms with Crippen molar-refractivity contribution in [3.05, 3.63) is 24.3 Å². The van der Waals surface area contributed by atoms with Gasteiger partial charge in [0, 0.05) is 11.4 Å². The molecule has 6 heteroatoms. The first-order valence-electron chi connectivity index (χ1n) is 4.65. The molecule has 0 aromatic heterocycles. The minimum Gasteiger partial charge on any atom is -0.465 e. The molecular formula is C10H13N3O3. The van der Waals surface area contributed by atoms with E-state index in [4.69, 9.17) is 10.8 Å². The van der Waals surface area contributed by atoms with Crippen molar-refractivity contribution in [1.29, 1.82) is 0 Å². The van der Waals surface area contributed by atoms with Crippen molar-refractivity contribution >= 4 is 23.4 Å². The van der Waals surface area contributed by atoms with E-state index >= 15 is 0 Å². The molecule has 0 saturated carbocycles. The monoisotopic (exact) mass is 223 g/mol. The minimum atomic E-state index is -1.13. The number of benzene rings is 1. The Hall–Kier alpha value is -2.08. The summed E-state index contributed by atoms with van der Waals surface area (Å²) in [5.41, 5.74) is 6.38. The van der Waals surface area contributed by atoms with Gasteiger partial charge >= 0.3 is 6.09 Å². The molecule has 6 nitrogen and oxygen atoms in total. The summed E-state index contributed by atoms with van der Waals surface area (Å²) in [6, 6.07) is 5.68. The third-order valence-electron chi connectivity index (χ3n) is 1.82. The number of carbonyl (C=O) groups is 2. The molecular weight excluding hydrogens is 210 g/mol. The molecule has 0 aliphatic rings. The zero-order chi connectivity index (χ0) is 12.1. The normalized spacial score (nSPS) is 11.6. The van der Waals surface area contributed by atoms with Crippen molar-refractivity contribution in [1.82, 2.24) is 0 Å². The maximum Gasteiger partial charge on any atom is 0.409 e. The van der Waals surface area contributed by atoms with Crippen molar-refractivity contribution in [3.63, 3.8) is 0 Å². The summed E-state index contributed by atoms with van der Waals surface area (Å²) < 4.78 is 0. The van der Waals surface area contributed by atoms with Gasteiger partial charge in [0.25, 0.3) is 0 Å². The maximum atomic E-state index is 11.2. The number of nitrogens with one attached hydrogen (secondary N) is 2. The molecule has 1 aromatic carbocycles. The van der Waals surface area contributed by atoms with Crippen LogP contribution in [0.5, 0.6) is 0 Å². The second-order valence-electron chi connectivity index (χ2n) is 3.29. The van der Waals surface area contributed by atoms with E-state index in [9.17, 15) is 9.59 Å². The van der Waals surface area contributed by atoms with Crippen molar-refractivity contribution in [3.8, 4) is 0 Å². The lowest BCUT2D eigenvalue weighted by Crippen LogP contribution is -2.32. The summed E-state index contributed by atoms with van der Waals surface area (Å²) in [5, 5.41) is 13.2. The van der Waals surface area contributed by atoms with Crippen LogP contribution in [0.25, 0.3) is 0 Å². The van der Waals surface area contributed by atoms with Crippen LogP contribution in [0.3, 0.4) is 0 Å². The first kappa shape index (κ1) is 12.0. The van der Waals surface area contributed by atoms with Gasteiger partial charge in [-0.15, -0.1) is 0 Å². The van der Waals surface area contributed by atoms with E-state index < -0.39 is 12.1 Å². The molecule has 1 atom stereocenters. The van der Waals surface area contributed by atoms with E-state index in [1.54, 1.807) is 31.2 Å². The SMILES string of the molecule is C[C@H](N)C(=O)Nc1ccc(NC(=O)O)cc1. The molecule has 16 heavy (non-hydrogen) atoms. The van der Waals surface area contributed by atoms with Crippen LogP contribution in [0.2, 0.25) is 0 Å². The van der Waals surface area contributed by atoms with Crippen LogP contribution in [0.1, 0.15) is 6.92 Å². The molecule has 1 rings (SSSR count). The average molecular weight is 223 g/mol. The number of hydrogen-bond donors (Lipinski definition) is 4. The van der Waals surface area contributed by atoms with E-state index in [1.807, 2.05) is 0 Å². The van der Waals surface area contributed by atoms with Gasteiger partial charge in [-0.05, 0) is 31.2 Å². The summed E-state index contributed by atoms with van der Waals surface area (Å²) in [5.74, 6) is -0.293. The Morgan fingerprint density at radius 1 is 1.19 bits per heavy atom. The fourth-order valence-corrected chi connectivity index (χ4v) is 1.02. The summed E-state index contributed by atoms with van der Waals surface area (Å²) in [6.07, 6.45) is -1.13. The van der Waals surface area contributed by atoms with Crippen LogP contribution < -0.4 is 16.4 Å². The first-order valence-corrected chi connectivity index (χ1v) is 4.65. The highest BCUT2D eigenvalue weighted by Gasteiger charge is 2.07. The van der Waals surface area contributed by atoms with E-state index in [-0.39, 0.29) is 5.91 Å². The molecule has 0 bridgehead atoms. The number of amides is 2. The Balaban J connectivity index is 2.64. The Morgan fingerprint density at radius 3 is 2.00 bits per heavy atom. The van der Waals surface area contributed by atoms with E-state index in [1.165, 1.54) is 0 Å². The number of nitrogens with two attached hydrogens (primary N) is 1. The lowest BCUT2D eigenvalue weighted by molar-refractivity contribution is -0.117. The van der Waals surface area contributed by atoms with Crippen molar-refractivity contribution in [2.45, 2.75) is 13.0 Å². The lowest BCUT2D eigenvalue weighted by atomic mass is 10.2. The molecule has 5 N–H and O–H groups in total. The van der Waals surface area contributed by atoms with E-state index in [2.05, 4.69) is 10.6 Å².